The minimum atomic E-state index is -4.94. The summed E-state index contributed by atoms with van der Waals surface area (Å²) in [6.45, 7) is 1.62. The molecule has 13 heteroatoms. The van der Waals surface area contributed by atoms with Crippen LogP contribution in [0.5, 0.6) is 0 Å². The number of aryl methyl sites for hydroxylation is 1. The monoisotopic (exact) mass is 563 g/mol. The van der Waals surface area contributed by atoms with Gasteiger partial charge in [0.05, 0.1) is 28.7 Å². The molecule has 198 valence electrons. The Morgan fingerprint density at radius 2 is 1.46 bits per heavy atom. The van der Waals surface area contributed by atoms with Gasteiger partial charge in [-0.25, -0.2) is 13.2 Å². The number of anilines is 1. The van der Waals surface area contributed by atoms with Crippen LogP contribution in [0.3, 0.4) is 0 Å². The number of ether oxygens (including phenoxy) is 1. The number of nitrogens with one attached hydrogen (secondary N) is 1. The van der Waals surface area contributed by atoms with E-state index in [2.05, 4.69) is 9.46 Å². The van der Waals surface area contributed by atoms with E-state index in [0.717, 1.165) is 11.8 Å². The fraction of sp³-hybridized carbons (Fsp3) is 0.208. The summed E-state index contributed by atoms with van der Waals surface area (Å²) in [6, 6.07) is 11.1. The Morgan fingerprint density at radius 1 is 0.892 bits per heavy atom. The smallest absolute Gasteiger partial charge is 0.416 e. The van der Waals surface area contributed by atoms with Crippen molar-refractivity contribution in [1.29, 1.82) is 0 Å². The predicted molar refractivity (Wildman–Crippen MR) is 126 cm³/mol. The maximum absolute atomic E-state index is 13.0. The molecule has 0 radical (unpaired) electrons. The van der Waals surface area contributed by atoms with Crippen LogP contribution in [0.1, 0.15) is 32.6 Å². The third kappa shape index (κ3) is 7.19. The Balaban J connectivity index is 1.75. The van der Waals surface area contributed by atoms with Gasteiger partial charge >= 0.3 is 18.3 Å². The summed E-state index contributed by atoms with van der Waals surface area (Å²) in [5, 5.41) is 0. The van der Waals surface area contributed by atoms with E-state index in [-0.39, 0.29) is 33.5 Å². The zero-order valence-corrected chi connectivity index (χ0v) is 20.8. The number of alkyl halides is 6. The molecule has 3 aromatic rings. The fourth-order valence-electron chi connectivity index (χ4n) is 3.20. The average Bonchev–Trinajstić information content (AvgIpc) is 2.81. The van der Waals surface area contributed by atoms with Crippen LogP contribution in [0.2, 0.25) is 0 Å². The van der Waals surface area contributed by atoms with Crippen LogP contribution in [0.15, 0.2) is 70.5 Å². The predicted octanol–water partition coefficient (Wildman–Crippen LogP) is 6.91. The number of esters is 1. The lowest BCUT2D eigenvalue weighted by atomic mass is 10.1. The largest absolute Gasteiger partial charge is 0.465 e. The van der Waals surface area contributed by atoms with E-state index in [1.807, 2.05) is 0 Å². The first kappa shape index (κ1) is 28.4. The van der Waals surface area contributed by atoms with E-state index in [0.29, 0.717) is 22.6 Å². The van der Waals surface area contributed by atoms with Crippen molar-refractivity contribution in [3.05, 3.63) is 88.5 Å². The van der Waals surface area contributed by atoms with Gasteiger partial charge < -0.3 is 4.74 Å². The second-order valence-electron chi connectivity index (χ2n) is 7.80. The zero-order chi connectivity index (χ0) is 27.6. The normalized spacial score (nSPS) is 12.3. The van der Waals surface area contributed by atoms with Crippen LogP contribution in [-0.2, 0) is 32.9 Å². The van der Waals surface area contributed by atoms with E-state index in [1.165, 1.54) is 49.6 Å². The number of sulfonamides is 1. The molecule has 0 amide bonds. The van der Waals surface area contributed by atoms with Gasteiger partial charge in [-0.1, -0.05) is 6.07 Å². The van der Waals surface area contributed by atoms with Crippen molar-refractivity contribution in [2.45, 2.75) is 34.8 Å². The summed E-state index contributed by atoms with van der Waals surface area (Å²) in [4.78, 5) is 12.2. The highest BCUT2D eigenvalue weighted by molar-refractivity contribution is 7.98. The van der Waals surface area contributed by atoms with E-state index in [9.17, 15) is 39.6 Å². The minimum Gasteiger partial charge on any atom is -0.465 e. The number of hydrogen-bond acceptors (Lipinski definition) is 5. The molecule has 0 aliphatic carbocycles. The van der Waals surface area contributed by atoms with E-state index in [1.54, 1.807) is 6.92 Å². The second-order valence-corrected chi connectivity index (χ2v) is 10.5. The number of benzene rings is 3. The molecule has 0 atom stereocenters. The Bertz CT molecular complexity index is 1370. The van der Waals surface area contributed by atoms with E-state index >= 15 is 0 Å². The molecule has 0 saturated heterocycles. The number of halogens is 6. The summed E-state index contributed by atoms with van der Waals surface area (Å²) in [5.41, 5.74) is -2.19. The summed E-state index contributed by atoms with van der Waals surface area (Å²) >= 11 is 0.981. The summed E-state index contributed by atoms with van der Waals surface area (Å²) in [7, 11) is -2.91. The molecule has 0 fully saturated rings. The Kier molecular flexibility index (Phi) is 8.18. The molecule has 37 heavy (non-hydrogen) atoms. The quantitative estimate of drug-likeness (QED) is 0.192. The first-order valence-corrected chi connectivity index (χ1v) is 12.8. The van der Waals surface area contributed by atoms with Crippen molar-refractivity contribution in [1.82, 2.24) is 0 Å². The first-order valence-electron chi connectivity index (χ1n) is 10.3. The van der Waals surface area contributed by atoms with Crippen LogP contribution in [-0.4, -0.2) is 21.5 Å². The van der Waals surface area contributed by atoms with Crippen molar-refractivity contribution >= 4 is 33.4 Å². The topological polar surface area (TPSA) is 72.5 Å². The zero-order valence-electron chi connectivity index (χ0n) is 19.2. The van der Waals surface area contributed by atoms with Gasteiger partial charge in [0.25, 0.3) is 10.0 Å². The molecular formula is C24H19F6NO4S2. The number of thioether (sulfide) groups is 1. The van der Waals surface area contributed by atoms with E-state index < -0.39 is 39.5 Å². The van der Waals surface area contributed by atoms with Gasteiger partial charge in [-0.3, -0.25) is 4.72 Å². The second kappa shape index (κ2) is 10.7. The lowest BCUT2D eigenvalue weighted by Gasteiger charge is -2.14. The van der Waals surface area contributed by atoms with Gasteiger partial charge in [0.1, 0.15) is 0 Å². The maximum Gasteiger partial charge on any atom is 0.416 e. The van der Waals surface area contributed by atoms with Crippen molar-refractivity contribution in [3.8, 4) is 0 Å². The Hall–Kier alpha value is -3.19. The average molecular weight is 564 g/mol. The molecule has 3 rings (SSSR count). The Morgan fingerprint density at radius 3 is 1.97 bits per heavy atom. The van der Waals surface area contributed by atoms with Crippen LogP contribution >= 0.6 is 11.8 Å². The minimum absolute atomic E-state index is 0.0667. The third-order valence-electron chi connectivity index (χ3n) is 5.08. The molecule has 0 heterocycles. The molecule has 0 spiro atoms. The van der Waals surface area contributed by atoms with Crippen LogP contribution in [0, 0.1) is 6.92 Å². The SMILES string of the molecule is COC(=O)c1cc(S(=O)(=O)Nc2ccc(SCc3cc(C(F)(F)F)cc(C(F)(F)F)c3)cc2)ccc1C. The molecule has 0 aliphatic rings. The molecule has 3 aromatic carbocycles. The van der Waals surface area contributed by atoms with Crippen molar-refractivity contribution in [2.75, 3.05) is 11.8 Å². The Labute approximate surface area is 212 Å². The summed E-state index contributed by atoms with van der Waals surface area (Å²) in [6.07, 6.45) is -9.87. The van der Waals surface area contributed by atoms with Crippen molar-refractivity contribution in [3.63, 3.8) is 0 Å². The van der Waals surface area contributed by atoms with E-state index in [4.69, 9.17) is 0 Å². The molecule has 0 aromatic heterocycles. The number of rotatable bonds is 7. The number of carbonyl (C=O) groups is 1. The molecular weight excluding hydrogens is 544 g/mol. The van der Waals surface area contributed by atoms with Crippen LogP contribution in [0.4, 0.5) is 32.0 Å². The highest BCUT2D eigenvalue weighted by atomic mass is 32.2. The number of carbonyl (C=O) groups excluding carboxylic acids is 1. The maximum atomic E-state index is 13.0. The first-order chi connectivity index (χ1) is 17.1. The van der Waals surface area contributed by atoms with Gasteiger partial charge in [0, 0.05) is 16.3 Å². The van der Waals surface area contributed by atoms with Crippen molar-refractivity contribution in [2.24, 2.45) is 0 Å². The molecule has 0 bridgehead atoms. The molecule has 0 unspecified atom stereocenters. The van der Waals surface area contributed by atoms with Crippen LogP contribution < -0.4 is 4.72 Å². The molecule has 1 N–H and O–H groups in total. The standard InChI is InChI=1S/C24H19F6NO4S2/c1-14-3-8-20(12-21(14)22(32)35-2)37(33,34)31-18-4-6-19(7-5-18)36-13-15-9-16(23(25,26)27)11-17(10-15)24(28,29)30/h3-12,31H,13H2,1-2H3. The van der Waals surface area contributed by atoms with Crippen molar-refractivity contribution < 1.29 is 44.3 Å². The van der Waals surface area contributed by atoms with Gasteiger partial charge in [-0.2, -0.15) is 26.3 Å². The van der Waals surface area contributed by atoms with Gasteiger partial charge in [0.15, 0.2) is 0 Å². The highest BCUT2D eigenvalue weighted by Gasteiger charge is 2.36. The fourth-order valence-corrected chi connectivity index (χ4v) is 5.11. The summed E-state index contributed by atoms with van der Waals surface area (Å²) in [5.74, 6) is -0.878. The van der Waals surface area contributed by atoms with Gasteiger partial charge in [0.2, 0.25) is 0 Å². The van der Waals surface area contributed by atoms with Gasteiger partial charge in [-0.15, -0.1) is 11.8 Å². The highest BCUT2D eigenvalue weighted by Crippen LogP contribution is 2.37. The molecule has 0 aliphatic heterocycles. The summed E-state index contributed by atoms with van der Waals surface area (Å²) < 4.78 is 111. The molecule has 0 saturated carbocycles. The van der Waals surface area contributed by atoms with Crippen LogP contribution in [0.25, 0.3) is 0 Å². The number of methoxy groups -OCH3 is 1. The lowest BCUT2D eigenvalue weighted by Crippen LogP contribution is -2.14. The third-order valence-corrected chi connectivity index (χ3v) is 7.55. The number of hydrogen-bond donors (Lipinski definition) is 1. The molecule has 5 nitrogen and oxygen atoms in total. The lowest BCUT2D eigenvalue weighted by molar-refractivity contribution is -0.143. The van der Waals surface area contributed by atoms with Gasteiger partial charge in [-0.05, 0) is 72.6 Å².